The third-order valence-corrected chi connectivity index (χ3v) is 2.39. The number of carbonyl (C=O) groups excluding carboxylic acids is 1. The molecule has 0 aromatic heterocycles. The number of hydrogen-bond acceptors (Lipinski definition) is 4. The van der Waals surface area contributed by atoms with Crippen molar-refractivity contribution in [3.8, 4) is 0 Å². The van der Waals surface area contributed by atoms with Gasteiger partial charge in [-0.05, 0) is 30.3 Å². The minimum Gasteiger partial charge on any atom is -0.332 e. The molecule has 0 aliphatic rings. The lowest BCUT2D eigenvalue weighted by molar-refractivity contribution is -0.384. The summed E-state index contributed by atoms with van der Waals surface area (Å²) in [7, 11) is 0. The molecule has 0 unspecified atom stereocenters. The van der Waals surface area contributed by atoms with E-state index < -0.39 is 4.92 Å². The summed E-state index contributed by atoms with van der Waals surface area (Å²) in [5, 5.41) is 16.0. The van der Waals surface area contributed by atoms with Crippen molar-refractivity contribution in [2.24, 2.45) is 5.92 Å². The Labute approximate surface area is 116 Å². The van der Waals surface area contributed by atoms with Crippen molar-refractivity contribution in [3.05, 3.63) is 34.4 Å². The smallest absolute Gasteiger partial charge is 0.269 e. The monoisotopic (exact) mass is 281 g/mol. The fourth-order valence-corrected chi connectivity index (χ4v) is 1.61. The van der Waals surface area contributed by atoms with E-state index in [1.165, 1.54) is 24.3 Å². The van der Waals surface area contributed by atoms with Crippen LogP contribution in [0.2, 0.25) is 0 Å². The Morgan fingerprint density at radius 3 is 2.42 bits per heavy atom. The number of nitrogens with one attached hydrogen (secondary N) is 2. The first-order valence-corrected chi connectivity index (χ1v) is 6.14. The molecule has 0 aliphatic heterocycles. The molecule has 19 heavy (non-hydrogen) atoms. The van der Waals surface area contributed by atoms with Gasteiger partial charge in [0.15, 0.2) is 5.11 Å². The van der Waals surface area contributed by atoms with Crippen LogP contribution in [0.5, 0.6) is 0 Å². The van der Waals surface area contributed by atoms with Crippen molar-refractivity contribution in [2.75, 3.05) is 5.32 Å². The van der Waals surface area contributed by atoms with E-state index in [-0.39, 0.29) is 22.6 Å². The van der Waals surface area contributed by atoms with Gasteiger partial charge in [-0.3, -0.25) is 14.9 Å². The van der Waals surface area contributed by atoms with Crippen molar-refractivity contribution in [2.45, 2.75) is 20.3 Å². The van der Waals surface area contributed by atoms with Crippen molar-refractivity contribution in [3.63, 3.8) is 0 Å². The summed E-state index contributed by atoms with van der Waals surface area (Å²) in [6.45, 7) is 3.87. The molecule has 0 bridgehead atoms. The molecule has 0 fully saturated rings. The quantitative estimate of drug-likeness (QED) is 0.503. The largest absolute Gasteiger partial charge is 0.332 e. The van der Waals surface area contributed by atoms with Crippen LogP contribution in [0.15, 0.2) is 24.3 Å². The van der Waals surface area contributed by atoms with Gasteiger partial charge in [-0.1, -0.05) is 13.8 Å². The van der Waals surface area contributed by atoms with Gasteiger partial charge >= 0.3 is 0 Å². The molecule has 0 atom stereocenters. The minimum atomic E-state index is -0.480. The molecule has 0 saturated heterocycles. The molecule has 1 aromatic carbocycles. The van der Waals surface area contributed by atoms with Gasteiger partial charge in [-0.2, -0.15) is 0 Å². The van der Waals surface area contributed by atoms with Crippen molar-refractivity contribution < 1.29 is 9.72 Å². The Morgan fingerprint density at radius 1 is 1.37 bits per heavy atom. The second kappa shape index (κ2) is 6.79. The summed E-state index contributed by atoms with van der Waals surface area (Å²) in [4.78, 5) is 21.5. The molecular formula is C12H15N3O3S. The third-order valence-electron chi connectivity index (χ3n) is 2.18. The fourth-order valence-electron chi connectivity index (χ4n) is 1.38. The van der Waals surface area contributed by atoms with E-state index in [4.69, 9.17) is 12.2 Å². The maximum absolute atomic E-state index is 11.5. The zero-order chi connectivity index (χ0) is 14.4. The van der Waals surface area contributed by atoms with Gasteiger partial charge in [0.25, 0.3) is 5.69 Å². The van der Waals surface area contributed by atoms with Crippen molar-refractivity contribution >= 4 is 34.6 Å². The number of amides is 1. The second-order valence-corrected chi connectivity index (χ2v) is 4.81. The van der Waals surface area contributed by atoms with Gasteiger partial charge in [-0.15, -0.1) is 0 Å². The normalized spacial score (nSPS) is 10.1. The van der Waals surface area contributed by atoms with Crippen LogP contribution in [0.1, 0.15) is 20.3 Å². The lowest BCUT2D eigenvalue weighted by Crippen LogP contribution is -2.34. The van der Waals surface area contributed by atoms with Crippen LogP contribution in [-0.4, -0.2) is 15.9 Å². The summed E-state index contributed by atoms with van der Waals surface area (Å²) in [6.07, 6.45) is 0.391. The molecule has 0 saturated carbocycles. The number of nitro groups is 1. The van der Waals surface area contributed by atoms with Gasteiger partial charge < -0.3 is 10.6 Å². The average molecular weight is 281 g/mol. The van der Waals surface area contributed by atoms with E-state index in [1.807, 2.05) is 13.8 Å². The molecule has 102 valence electrons. The number of benzene rings is 1. The number of hydrogen-bond donors (Lipinski definition) is 2. The van der Waals surface area contributed by atoms with Gasteiger partial charge in [0.1, 0.15) is 0 Å². The molecule has 2 N–H and O–H groups in total. The molecule has 0 heterocycles. The highest BCUT2D eigenvalue weighted by Gasteiger charge is 2.08. The molecule has 1 rings (SSSR count). The van der Waals surface area contributed by atoms with Crippen LogP contribution >= 0.6 is 12.2 Å². The van der Waals surface area contributed by atoms with Crippen LogP contribution in [0, 0.1) is 16.0 Å². The van der Waals surface area contributed by atoms with Crippen LogP contribution in [-0.2, 0) is 4.79 Å². The molecule has 7 heteroatoms. The van der Waals surface area contributed by atoms with E-state index >= 15 is 0 Å². The van der Waals surface area contributed by atoms with E-state index in [2.05, 4.69) is 10.6 Å². The van der Waals surface area contributed by atoms with Crippen LogP contribution in [0.3, 0.4) is 0 Å². The maximum atomic E-state index is 11.5. The van der Waals surface area contributed by atoms with E-state index in [1.54, 1.807) is 0 Å². The first-order valence-electron chi connectivity index (χ1n) is 5.73. The van der Waals surface area contributed by atoms with E-state index in [9.17, 15) is 14.9 Å². The predicted octanol–water partition coefficient (Wildman–Crippen LogP) is 2.45. The van der Waals surface area contributed by atoms with Crippen molar-refractivity contribution in [1.82, 2.24) is 5.32 Å². The summed E-state index contributed by atoms with van der Waals surface area (Å²) in [5.41, 5.74) is 0.584. The second-order valence-electron chi connectivity index (χ2n) is 4.40. The Balaban J connectivity index is 2.53. The molecule has 1 amide bonds. The van der Waals surface area contributed by atoms with Gasteiger partial charge in [-0.25, -0.2) is 0 Å². The maximum Gasteiger partial charge on any atom is 0.269 e. The highest BCUT2D eigenvalue weighted by atomic mass is 32.1. The Hall–Kier alpha value is -2.02. The predicted molar refractivity (Wildman–Crippen MR) is 76.9 cm³/mol. The zero-order valence-electron chi connectivity index (χ0n) is 10.7. The minimum absolute atomic E-state index is 0.000289. The van der Waals surface area contributed by atoms with Gasteiger partial charge in [0.05, 0.1) is 4.92 Å². The lowest BCUT2D eigenvalue weighted by Gasteiger charge is -2.10. The lowest BCUT2D eigenvalue weighted by atomic mass is 10.1. The SMILES string of the molecule is CC(C)CC(=O)NC(=S)Nc1ccc([N+](=O)[O-])cc1. The number of nitro benzene ring substituents is 1. The highest BCUT2D eigenvalue weighted by molar-refractivity contribution is 7.80. The van der Waals surface area contributed by atoms with E-state index in [0.29, 0.717) is 12.1 Å². The summed E-state index contributed by atoms with van der Waals surface area (Å²) >= 11 is 4.97. The van der Waals surface area contributed by atoms with Crippen molar-refractivity contribution in [1.29, 1.82) is 0 Å². The summed E-state index contributed by atoms with van der Waals surface area (Å²) < 4.78 is 0. The Bertz CT molecular complexity index is 485. The molecular weight excluding hydrogens is 266 g/mol. The first kappa shape index (κ1) is 15.0. The van der Waals surface area contributed by atoms with Crippen LogP contribution < -0.4 is 10.6 Å². The number of rotatable bonds is 4. The van der Waals surface area contributed by atoms with Crippen LogP contribution in [0.4, 0.5) is 11.4 Å². The number of nitrogens with zero attached hydrogens (tertiary/aromatic N) is 1. The molecule has 1 aromatic rings. The molecule has 0 aliphatic carbocycles. The summed E-state index contributed by atoms with van der Waals surface area (Å²) in [6, 6.07) is 5.78. The molecule has 6 nitrogen and oxygen atoms in total. The van der Waals surface area contributed by atoms with E-state index in [0.717, 1.165) is 0 Å². The average Bonchev–Trinajstić information content (AvgIpc) is 2.27. The topological polar surface area (TPSA) is 84.3 Å². The highest BCUT2D eigenvalue weighted by Crippen LogP contribution is 2.15. The Morgan fingerprint density at radius 2 is 1.95 bits per heavy atom. The fraction of sp³-hybridized carbons (Fsp3) is 0.333. The zero-order valence-corrected chi connectivity index (χ0v) is 11.5. The van der Waals surface area contributed by atoms with Crippen LogP contribution in [0.25, 0.3) is 0 Å². The first-order chi connectivity index (χ1) is 8.88. The van der Waals surface area contributed by atoms with Gasteiger partial charge in [0.2, 0.25) is 5.91 Å². The standard InChI is InChI=1S/C12H15N3O3S/c1-8(2)7-11(16)14-12(19)13-9-3-5-10(6-4-9)15(17)18/h3-6,8H,7H2,1-2H3,(H2,13,14,16,19). The van der Waals surface area contributed by atoms with Gasteiger partial charge in [0, 0.05) is 24.2 Å². The summed E-state index contributed by atoms with van der Waals surface area (Å²) in [5.74, 6) is 0.0941. The number of thiocarbonyl (C=S) groups is 1. The molecule has 0 radical (unpaired) electrons. The number of anilines is 1. The Kier molecular flexibility index (Phi) is 5.37. The number of non-ortho nitro benzene ring substituents is 1. The number of carbonyl (C=O) groups is 1. The third kappa shape index (κ3) is 5.43. The molecule has 0 spiro atoms.